The molecule has 0 saturated heterocycles. The van der Waals surface area contributed by atoms with E-state index in [2.05, 4.69) is 107 Å². The maximum Gasteiger partial charge on any atom is 0.176 e. The van der Waals surface area contributed by atoms with Crippen LogP contribution in [0.2, 0.25) is 98.2 Å². The van der Waals surface area contributed by atoms with Gasteiger partial charge in [0.1, 0.15) is 32.9 Å². The Labute approximate surface area is 158 Å². The molecule has 0 amide bonds. The first-order valence-corrected chi connectivity index (χ1v) is 26.5. The third-order valence-electron chi connectivity index (χ3n) is 3.52. The lowest BCUT2D eigenvalue weighted by molar-refractivity contribution is 0.751. The van der Waals surface area contributed by atoms with Gasteiger partial charge in [-0.2, -0.15) is 0 Å². The Morgan fingerprint density at radius 3 is 0.792 bits per heavy atom. The van der Waals surface area contributed by atoms with Gasteiger partial charge in [-0.3, -0.25) is 4.66 Å². The summed E-state index contributed by atoms with van der Waals surface area (Å²) < 4.78 is 11.3. The summed E-state index contributed by atoms with van der Waals surface area (Å²) in [6, 6.07) is 0. The van der Waals surface area contributed by atoms with E-state index in [1.807, 2.05) is 0 Å². The predicted molar refractivity (Wildman–Crippen MR) is 128 cm³/mol. The van der Waals surface area contributed by atoms with Gasteiger partial charge < -0.3 is 8.46 Å². The van der Waals surface area contributed by atoms with Crippen molar-refractivity contribution in [1.82, 2.24) is 8.46 Å². The summed E-state index contributed by atoms with van der Waals surface area (Å²) >= 11 is 0. The first kappa shape index (κ1) is 24.4. The van der Waals surface area contributed by atoms with E-state index < -0.39 is 41.2 Å². The van der Waals surface area contributed by atoms with Crippen molar-refractivity contribution in [3.63, 3.8) is 0 Å². The molecule has 0 N–H and O–H groups in total. The zero-order valence-corrected chi connectivity index (χ0v) is 24.3. The standard InChI is InChI=1S/C16H45N3Si5/c1-20(2,3)17-16(18(21(4,5)6)22(7,8)9)19(23(10,11)12)24(13,14)15/h1-15H3. The molecule has 0 unspecified atom stereocenters. The fourth-order valence-corrected chi connectivity index (χ4v) is 24.4. The third kappa shape index (κ3) is 7.31. The van der Waals surface area contributed by atoms with Crippen LogP contribution in [-0.4, -0.2) is 55.6 Å². The van der Waals surface area contributed by atoms with Gasteiger partial charge in [0.15, 0.2) is 14.2 Å². The summed E-state index contributed by atoms with van der Waals surface area (Å²) in [6.07, 6.45) is 0. The Bertz CT molecular complexity index is 395. The second kappa shape index (κ2) is 7.17. The maximum atomic E-state index is 5.52. The van der Waals surface area contributed by atoms with E-state index in [9.17, 15) is 0 Å². The lowest BCUT2D eigenvalue weighted by Gasteiger charge is -2.56. The number of rotatable bonds is 5. The molecular formula is C16H45N3Si5. The van der Waals surface area contributed by atoms with Crippen molar-refractivity contribution in [2.45, 2.75) is 98.2 Å². The van der Waals surface area contributed by atoms with Crippen LogP contribution in [-0.2, 0) is 0 Å². The van der Waals surface area contributed by atoms with Crippen molar-refractivity contribution < 1.29 is 0 Å². The number of guanidine groups is 1. The topological polar surface area (TPSA) is 18.8 Å². The highest BCUT2D eigenvalue weighted by atomic mass is 28.4. The molecule has 0 aliphatic carbocycles. The Morgan fingerprint density at radius 1 is 0.458 bits per heavy atom. The molecule has 0 radical (unpaired) electrons. The molecule has 8 heteroatoms. The van der Waals surface area contributed by atoms with Gasteiger partial charge in [0, 0.05) is 0 Å². The second-order valence-corrected chi connectivity index (χ2v) is 36.6. The van der Waals surface area contributed by atoms with Crippen LogP contribution in [0.1, 0.15) is 0 Å². The summed E-state index contributed by atoms with van der Waals surface area (Å²) in [7, 11) is -7.63. The molecule has 0 spiro atoms. The molecule has 0 aromatic heterocycles. The summed E-state index contributed by atoms with van der Waals surface area (Å²) in [6.45, 7) is 37.1. The van der Waals surface area contributed by atoms with Crippen molar-refractivity contribution >= 4 is 47.1 Å². The fraction of sp³-hybridized carbons (Fsp3) is 0.938. The smallest absolute Gasteiger partial charge is 0.176 e. The minimum atomic E-state index is -1.57. The van der Waals surface area contributed by atoms with Gasteiger partial charge in [0.05, 0.1) is 0 Å². The minimum Gasteiger partial charge on any atom is -0.398 e. The van der Waals surface area contributed by atoms with Crippen LogP contribution >= 0.6 is 0 Å². The Hall–Kier alpha value is 0.354. The normalized spacial score (nSPS) is 14.5. The number of nitrogens with zero attached hydrogens (tertiary/aromatic N) is 3. The lowest BCUT2D eigenvalue weighted by atomic mass is 11.1. The molecule has 0 rings (SSSR count). The van der Waals surface area contributed by atoms with E-state index in [0.29, 0.717) is 0 Å². The van der Waals surface area contributed by atoms with Crippen LogP contribution < -0.4 is 0 Å². The van der Waals surface area contributed by atoms with Gasteiger partial charge in [-0.05, 0) is 19.6 Å². The van der Waals surface area contributed by atoms with Gasteiger partial charge in [-0.1, -0.05) is 78.6 Å². The minimum absolute atomic E-state index is 1.39. The van der Waals surface area contributed by atoms with Gasteiger partial charge in [-0.15, -0.1) is 0 Å². The van der Waals surface area contributed by atoms with E-state index in [1.54, 1.807) is 0 Å². The van der Waals surface area contributed by atoms with Gasteiger partial charge >= 0.3 is 0 Å². The molecule has 0 saturated carbocycles. The first-order chi connectivity index (χ1) is 10.1. The molecular weight excluding hydrogens is 375 g/mol. The molecule has 0 atom stereocenters. The van der Waals surface area contributed by atoms with Crippen molar-refractivity contribution in [2.24, 2.45) is 4.66 Å². The summed E-state index contributed by atoms with van der Waals surface area (Å²) in [5.41, 5.74) is 0. The van der Waals surface area contributed by atoms with E-state index in [4.69, 9.17) is 4.66 Å². The molecule has 144 valence electrons. The van der Waals surface area contributed by atoms with Crippen LogP contribution in [0.3, 0.4) is 0 Å². The number of hydrogen-bond acceptors (Lipinski definition) is 1. The third-order valence-corrected chi connectivity index (χ3v) is 18.6. The van der Waals surface area contributed by atoms with Crippen LogP contribution in [0, 0.1) is 0 Å². The van der Waals surface area contributed by atoms with E-state index in [1.165, 1.54) is 5.96 Å². The molecule has 0 fully saturated rings. The maximum absolute atomic E-state index is 5.52. The van der Waals surface area contributed by atoms with Gasteiger partial charge in [-0.25, -0.2) is 0 Å². The largest absolute Gasteiger partial charge is 0.398 e. The molecule has 24 heavy (non-hydrogen) atoms. The Balaban J connectivity index is 6.76. The van der Waals surface area contributed by atoms with Crippen LogP contribution in [0.5, 0.6) is 0 Å². The quantitative estimate of drug-likeness (QED) is 0.303. The average molecular weight is 420 g/mol. The molecule has 0 aromatic rings. The molecule has 3 nitrogen and oxygen atoms in total. The molecule has 0 aliphatic rings. The molecule has 0 aromatic carbocycles. The zero-order valence-electron chi connectivity index (χ0n) is 19.3. The molecule has 0 aliphatic heterocycles. The number of hydrogen-bond donors (Lipinski definition) is 0. The first-order valence-electron chi connectivity index (χ1n) is 9.29. The van der Waals surface area contributed by atoms with Crippen molar-refractivity contribution in [2.75, 3.05) is 0 Å². The average Bonchev–Trinajstić information content (AvgIpc) is 2.01. The van der Waals surface area contributed by atoms with Crippen LogP contribution in [0.25, 0.3) is 0 Å². The molecule has 0 bridgehead atoms. The lowest BCUT2D eigenvalue weighted by Crippen LogP contribution is -2.73. The van der Waals surface area contributed by atoms with Crippen LogP contribution in [0.15, 0.2) is 4.66 Å². The summed E-state index contributed by atoms with van der Waals surface area (Å²) in [4.78, 5) is 0. The van der Waals surface area contributed by atoms with Crippen molar-refractivity contribution in [1.29, 1.82) is 0 Å². The highest BCUT2D eigenvalue weighted by Gasteiger charge is 2.45. The highest BCUT2D eigenvalue weighted by Crippen LogP contribution is 2.29. The zero-order chi connectivity index (χ0) is 19.9. The van der Waals surface area contributed by atoms with Crippen molar-refractivity contribution in [3.8, 4) is 0 Å². The second-order valence-electron chi connectivity index (χ2n) is 11.9. The SMILES string of the molecule is C[Si](C)(C)N=C(N([Si](C)(C)C)[Si](C)(C)C)N([Si](C)(C)C)[Si](C)(C)C. The fourth-order valence-electron chi connectivity index (χ4n) is 3.71. The van der Waals surface area contributed by atoms with Crippen molar-refractivity contribution in [3.05, 3.63) is 0 Å². The van der Waals surface area contributed by atoms with Crippen LogP contribution in [0.4, 0.5) is 0 Å². The molecule has 0 heterocycles. The summed E-state index contributed by atoms with van der Waals surface area (Å²) in [5, 5.41) is 0. The Morgan fingerprint density at radius 2 is 0.667 bits per heavy atom. The monoisotopic (exact) mass is 419 g/mol. The summed E-state index contributed by atoms with van der Waals surface area (Å²) in [5.74, 6) is 1.39. The van der Waals surface area contributed by atoms with E-state index in [-0.39, 0.29) is 0 Å². The predicted octanol–water partition coefficient (Wildman–Crippen LogP) is 6.12. The van der Waals surface area contributed by atoms with Gasteiger partial charge in [0.2, 0.25) is 0 Å². The van der Waals surface area contributed by atoms with E-state index in [0.717, 1.165) is 0 Å². The Kier molecular flexibility index (Phi) is 7.27. The highest BCUT2D eigenvalue weighted by molar-refractivity contribution is 6.97. The van der Waals surface area contributed by atoms with Gasteiger partial charge in [0.25, 0.3) is 0 Å². The van der Waals surface area contributed by atoms with E-state index >= 15 is 0 Å².